The van der Waals surface area contributed by atoms with Gasteiger partial charge in [0, 0.05) is 76.4 Å². The smallest absolute Gasteiger partial charge is 0.329 e. The van der Waals surface area contributed by atoms with Gasteiger partial charge >= 0.3 is 17.7 Å². The van der Waals surface area contributed by atoms with Crippen LogP contribution in [0.3, 0.4) is 0 Å². The highest BCUT2D eigenvalue weighted by Gasteiger charge is 2.26. The number of carbonyl (C=O) groups is 1. The molecule has 1 atom stereocenters. The molecule has 8 aromatic rings. The maximum Gasteiger partial charge on any atom is 0.329 e. The molecule has 1 aliphatic carbocycles. The van der Waals surface area contributed by atoms with Gasteiger partial charge in [0.25, 0.3) is 0 Å². The molecule has 7 heterocycles. The summed E-state index contributed by atoms with van der Waals surface area (Å²) in [6.07, 6.45) is 16.2. The van der Waals surface area contributed by atoms with Crippen LogP contribution >= 0.6 is 34.7 Å². The Hall–Kier alpha value is -9.32. The number of carbonyl (C=O) groups excluding carboxylic acids is 1. The minimum atomic E-state index is -1.36. The van der Waals surface area contributed by atoms with Crippen molar-refractivity contribution in [3.05, 3.63) is 192 Å². The molecule has 6 aromatic heterocycles. The molecule has 1 unspecified atom stereocenters. The van der Waals surface area contributed by atoms with Gasteiger partial charge in [0.1, 0.15) is 33.6 Å². The first-order valence-electron chi connectivity index (χ1n) is 36.1. The van der Waals surface area contributed by atoms with Crippen LogP contribution in [0.2, 0.25) is 10.2 Å². The topological polar surface area (TPSA) is 295 Å². The fourth-order valence-corrected chi connectivity index (χ4v) is 9.85. The lowest BCUT2D eigenvalue weighted by Crippen LogP contribution is -2.15. The quantitative estimate of drug-likeness (QED) is 0.0591. The molecule has 0 amide bonds. The summed E-state index contributed by atoms with van der Waals surface area (Å²) in [5.74, 6) is -0.404. The highest BCUT2D eigenvalue weighted by atomic mass is 35.5. The Balaban J connectivity index is 0.000000612. The normalized spacial score (nSPS) is 12.8. The number of ketones is 1. The van der Waals surface area contributed by atoms with E-state index in [0.717, 1.165) is 83.4 Å². The molecule has 1 saturated heterocycles. The molecule has 1 fully saturated rings. The Morgan fingerprint density at radius 1 is 0.636 bits per heavy atom. The number of rotatable bonds is 8. The lowest BCUT2D eigenvalue weighted by atomic mass is 9.86. The molecule has 0 bridgehead atoms. The lowest BCUT2D eigenvalue weighted by Gasteiger charge is -2.19. The van der Waals surface area contributed by atoms with Crippen LogP contribution in [0.1, 0.15) is 303 Å². The van der Waals surface area contributed by atoms with Crippen LogP contribution < -0.4 is 0 Å². The van der Waals surface area contributed by atoms with E-state index in [4.69, 9.17) is 58.3 Å². The number of hydrogen-bond acceptors (Lipinski definition) is 20. The summed E-state index contributed by atoms with van der Waals surface area (Å²) in [6, 6.07) is 18.0. The number of hydrogen-bond donors (Lipinski definition) is 0. The van der Waals surface area contributed by atoms with Gasteiger partial charge < -0.3 is 18.3 Å². The Morgan fingerprint density at radius 2 is 1.22 bits per heavy atom. The van der Waals surface area contributed by atoms with Crippen LogP contribution in [0.5, 0.6) is 0 Å². The van der Waals surface area contributed by atoms with Crippen LogP contribution in [0, 0.1) is 110 Å². The molecule has 10 rings (SSSR count). The average molecular weight is 1580 g/mol. The number of allylic oxidation sites excluding steroid dienone is 2. The van der Waals surface area contributed by atoms with Gasteiger partial charge in [0.2, 0.25) is 5.89 Å². The Labute approximate surface area is 663 Å². The van der Waals surface area contributed by atoms with Crippen LogP contribution in [0.15, 0.2) is 92.3 Å². The number of halogens is 7. The molecule has 2 aromatic carbocycles. The maximum atomic E-state index is 13.3. The summed E-state index contributed by atoms with van der Waals surface area (Å²) in [5, 5.41) is 55.5. The van der Waals surface area contributed by atoms with Gasteiger partial charge in [0.15, 0.2) is 59.3 Å². The first kappa shape index (κ1) is 98.7. The molecule has 0 radical (unpaired) electrons. The minimum Gasteiger partial charge on any atom is -0.433 e. The number of nitriles is 5. The van der Waals surface area contributed by atoms with Crippen molar-refractivity contribution in [2.45, 2.75) is 257 Å². The molecule has 2 aliphatic rings. The molecule has 0 N–H and O–H groups in total. The molecule has 1 aliphatic heterocycles. The Morgan fingerprint density at radius 3 is 1.55 bits per heavy atom. The fourth-order valence-electron chi connectivity index (χ4n) is 8.76. The number of oxazole rings is 1. The van der Waals surface area contributed by atoms with Crippen molar-refractivity contribution in [2.24, 2.45) is 17.3 Å². The Bertz CT molecular complexity index is 4210. The third kappa shape index (κ3) is 36.5. The van der Waals surface area contributed by atoms with Crippen molar-refractivity contribution in [2.75, 3.05) is 13.1 Å². The highest BCUT2D eigenvalue weighted by molar-refractivity contribution is 7.05. The minimum absolute atomic E-state index is 0.0231. The molecule has 0 spiro atoms. The van der Waals surface area contributed by atoms with E-state index in [1.807, 2.05) is 131 Å². The molecule has 27 heteroatoms. The van der Waals surface area contributed by atoms with Crippen molar-refractivity contribution < 1.29 is 40.1 Å². The molecular formula is C83H110Cl2F5N15O4S. The second-order valence-corrected chi connectivity index (χ2v) is 34.3. The summed E-state index contributed by atoms with van der Waals surface area (Å²) >= 11 is 13.0. The lowest BCUT2D eigenvalue weighted by molar-refractivity contribution is -0.116. The van der Waals surface area contributed by atoms with Crippen molar-refractivity contribution in [1.82, 2.24) is 49.5 Å². The number of aryl methyl sites for hydroxylation is 1. The van der Waals surface area contributed by atoms with Crippen molar-refractivity contribution >= 4 is 40.5 Å². The number of Topliss-reactive ketones (excluding diaryl/α,β-unsaturated/α-hetero) is 1. The van der Waals surface area contributed by atoms with Gasteiger partial charge in [0.05, 0.1) is 11.8 Å². The van der Waals surface area contributed by atoms with Crippen molar-refractivity contribution in [3.8, 4) is 30.5 Å². The van der Waals surface area contributed by atoms with Crippen LogP contribution in [0.25, 0.3) is 0 Å². The first-order valence-corrected chi connectivity index (χ1v) is 37.6. The number of nitrogens with zero attached hydrogens (tertiary/aromatic N) is 15. The average Bonchev–Trinajstić information content (AvgIpc) is 1.29. The summed E-state index contributed by atoms with van der Waals surface area (Å²) in [5.41, 5.74) is 3.59. The Kier molecular flexibility index (Phi) is 41.6. The summed E-state index contributed by atoms with van der Waals surface area (Å²) in [6.45, 7) is 54.2. The predicted octanol–water partition coefficient (Wildman–Crippen LogP) is 22.9. The first-order chi connectivity index (χ1) is 50.9. The molecular weight excluding hydrogens is 1470 g/mol. The largest absolute Gasteiger partial charge is 0.433 e. The third-order valence-corrected chi connectivity index (χ3v) is 17.0. The van der Waals surface area contributed by atoms with Gasteiger partial charge in [-0.15, -0.1) is 5.10 Å². The van der Waals surface area contributed by atoms with Crippen molar-refractivity contribution in [3.63, 3.8) is 0 Å². The number of benzene rings is 2. The maximum absolute atomic E-state index is 13.3. The van der Waals surface area contributed by atoms with Gasteiger partial charge in [-0.1, -0.05) is 231 Å². The second kappa shape index (κ2) is 46.4. The summed E-state index contributed by atoms with van der Waals surface area (Å²) in [4.78, 5) is 33.1. The standard InChI is InChI=1S/C11H18O.C10H10FN.C9H8F4.2C8H10ClN.C8H10N2O.C8H14N2.2C7H9N3O.C7H12N2S/c1-11(2,3)8-7-10(12)9-5-4-6-9;1-7(2)9-5-3-4-8(6-12)10(9)11;1-4(2)7-8(12)5(10)3-6(11)9(7)13;1-6(2)7-5-10-4-3-8(7)9;1-6(2)7-3-4-8(9)10-5-7;1-8(2,3)6-5-10-7(4-9)11-6;1-7(2)8-3-4-10(5-8)6-9;1-7(2,3)6-10-9-5(4-8)11-6;1-7(2,3)6-9-5(4-8)11-10-6;1-5-8-6(9-10-5)7(2,3)4/h5H,4,6-8H2,1-3H3;3-5,7H,1-2H3;3-4H,1-2H3;2*3-6H,1-2H3;5H,1-3H3;7-8H,3-5H2,1-2H3;2*1-3H3;1-4H3. The zero-order chi connectivity index (χ0) is 84.4. The second-order valence-electron chi connectivity index (χ2n) is 32.6. The van der Waals surface area contributed by atoms with Crippen molar-refractivity contribution in [1.29, 1.82) is 26.3 Å². The predicted molar refractivity (Wildman–Crippen MR) is 422 cm³/mol. The number of likely N-dealkylation sites (tertiary alicyclic amines) is 1. The molecule has 596 valence electrons. The molecule has 19 nitrogen and oxygen atoms in total. The van der Waals surface area contributed by atoms with E-state index < -0.39 is 34.8 Å². The number of pyridine rings is 2. The van der Waals surface area contributed by atoms with E-state index in [0.29, 0.717) is 45.5 Å². The third-order valence-electron chi connectivity index (χ3n) is 15.8. The highest BCUT2D eigenvalue weighted by Crippen LogP contribution is 2.30. The van der Waals surface area contributed by atoms with Gasteiger partial charge in [-0.3, -0.25) is 9.78 Å². The van der Waals surface area contributed by atoms with E-state index in [-0.39, 0.29) is 62.7 Å². The van der Waals surface area contributed by atoms with Gasteiger partial charge in [-0.25, -0.2) is 36.9 Å². The summed E-state index contributed by atoms with van der Waals surface area (Å²) < 4.78 is 83.3. The molecule has 0 saturated carbocycles. The van der Waals surface area contributed by atoms with E-state index in [1.165, 1.54) is 43.4 Å². The number of aromatic nitrogens is 9. The van der Waals surface area contributed by atoms with Gasteiger partial charge in [-0.05, 0) is 126 Å². The zero-order valence-electron chi connectivity index (χ0n) is 68.7. The monoisotopic (exact) mass is 1580 g/mol. The van der Waals surface area contributed by atoms with E-state index in [2.05, 4.69) is 145 Å². The fraction of sp³-hybridized carbons (Fsp3) is 0.530. The zero-order valence-corrected chi connectivity index (χ0v) is 71.1. The van der Waals surface area contributed by atoms with Crippen LogP contribution in [-0.2, 0) is 26.5 Å². The van der Waals surface area contributed by atoms with E-state index in [9.17, 15) is 26.7 Å². The van der Waals surface area contributed by atoms with E-state index in [1.54, 1.807) is 36.7 Å². The SMILES string of the molecule is CC(C)(C)CCC(=O)C1=CCC1.CC(C)(C)c1cnc(C#N)o1.CC(C)(C)c1nnc(C#N)o1.CC(C)(C)c1noc(C#N)n1.CC(C)C1CCN(C#N)C1.CC(C)c1c(F)c(F)cc(F)c1F.CC(C)c1ccc(Cl)nc1.CC(C)c1cccc(C#N)c1F.CC(C)c1cnccc1Cl.Cc1nc(C(C)(C)C)ns1. The van der Waals surface area contributed by atoms with Crippen LogP contribution in [0.4, 0.5) is 22.0 Å². The van der Waals surface area contributed by atoms with Crippen LogP contribution in [-0.4, -0.2) is 68.4 Å². The molecule has 110 heavy (non-hydrogen) atoms. The van der Waals surface area contributed by atoms with E-state index >= 15 is 0 Å². The summed E-state index contributed by atoms with van der Waals surface area (Å²) in [7, 11) is 0. The van der Waals surface area contributed by atoms with Gasteiger partial charge in [-0.2, -0.15) is 35.7 Å².